The van der Waals surface area contributed by atoms with E-state index >= 15 is 0 Å². The van der Waals surface area contributed by atoms with Gasteiger partial charge in [0, 0.05) is 13.1 Å². The number of aliphatic carboxylic acids is 1. The van der Waals surface area contributed by atoms with E-state index < -0.39 is 23.7 Å². The van der Waals surface area contributed by atoms with E-state index in [1.807, 2.05) is 0 Å². The number of hydrogen-bond donors (Lipinski definition) is 2. The fourth-order valence-corrected chi connectivity index (χ4v) is 1.80. The molecule has 6 nitrogen and oxygen atoms in total. The van der Waals surface area contributed by atoms with Crippen molar-refractivity contribution in [1.82, 2.24) is 15.5 Å². The highest BCUT2D eigenvalue weighted by Gasteiger charge is 2.68. The van der Waals surface area contributed by atoms with Crippen LogP contribution in [-0.2, 0) is 10.2 Å². The maximum Gasteiger partial charge on any atom is 0.490 e. The van der Waals surface area contributed by atoms with Gasteiger partial charge in [-0.3, -0.25) is 0 Å². The van der Waals surface area contributed by atoms with Crippen molar-refractivity contribution < 1.29 is 40.7 Å². The van der Waals surface area contributed by atoms with Gasteiger partial charge in [0.05, 0.1) is 5.92 Å². The highest BCUT2D eigenvalue weighted by atomic mass is 19.4. The molecule has 0 amide bonds. The minimum atomic E-state index is -5.08. The predicted molar refractivity (Wildman–Crippen MR) is 60.6 cm³/mol. The molecule has 1 aliphatic carbocycles. The average molecular weight is 347 g/mol. The van der Waals surface area contributed by atoms with E-state index in [4.69, 9.17) is 14.3 Å². The Balaban J connectivity index is 0.000000236. The molecule has 2 aliphatic rings. The number of carbonyl (C=O) groups is 1. The van der Waals surface area contributed by atoms with Gasteiger partial charge in [0.15, 0.2) is 0 Å². The summed E-state index contributed by atoms with van der Waals surface area (Å²) in [5.74, 6) is -2.62. The zero-order chi connectivity index (χ0) is 17.5. The Morgan fingerprint density at radius 3 is 2.00 bits per heavy atom. The number of carboxylic acids is 1. The maximum absolute atomic E-state index is 12.7. The molecule has 0 aromatic carbocycles. The average Bonchev–Trinajstić information content (AvgIpc) is 3.02. The standard InChI is InChI=1S/C9H10F3N3O.C2HF3O2/c10-9(11,12)8(1-2-8)7-15-14-6(16-7)5-3-13-4-5;3-2(4,5)1(6)7/h5,13H,1-4H2;(H,6,7). The molecule has 1 aromatic rings. The first-order valence-corrected chi connectivity index (χ1v) is 6.39. The Bertz CT molecular complexity index is 574. The van der Waals surface area contributed by atoms with E-state index in [1.165, 1.54) is 0 Å². The highest BCUT2D eigenvalue weighted by molar-refractivity contribution is 5.73. The fourth-order valence-electron chi connectivity index (χ4n) is 1.80. The minimum Gasteiger partial charge on any atom is -0.475 e. The van der Waals surface area contributed by atoms with Crippen LogP contribution in [0.5, 0.6) is 0 Å². The van der Waals surface area contributed by atoms with Crippen LogP contribution < -0.4 is 5.32 Å². The molecule has 0 bridgehead atoms. The Kier molecular flexibility index (Phi) is 4.30. The Labute approximate surface area is 124 Å². The first kappa shape index (κ1) is 17.5. The summed E-state index contributed by atoms with van der Waals surface area (Å²) in [4.78, 5) is 8.90. The van der Waals surface area contributed by atoms with Crippen LogP contribution in [0.25, 0.3) is 0 Å². The van der Waals surface area contributed by atoms with Gasteiger partial charge in [-0.1, -0.05) is 0 Å². The second-order valence-electron chi connectivity index (χ2n) is 5.18. The van der Waals surface area contributed by atoms with Crippen LogP contribution >= 0.6 is 0 Å². The zero-order valence-electron chi connectivity index (χ0n) is 11.3. The molecule has 2 N–H and O–H groups in total. The Hall–Kier alpha value is -1.85. The third-order valence-electron chi connectivity index (χ3n) is 3.52. The minimum absolute atomic E-state index is 0.0566. The Morgan fingerprint density at radius 2 is 1.70 bits per heavy atom. The second-order valence-corrected chi connectivity index (χ2v) is 5.18. The number of aromatic nitrogens is 2. The highest BCUT2D eigenvalue weighted by Crippen LogP contribution is 2.58. The van der Waals surface area contributed by atoms with Gasteiger partial charge in [0.1, 0.15) is 5.41 Å². The van der Waals surface area contributed by atoms with E-state index in [2.05, 4.69) is 15.5 Å². The molecular formula is C11H11F6N3O3. The summed E-state index contributed by atoms with van der Waals surface area (Å²) in [6.07, 6.45) is -9.25. The molecule has 0 unspecified atom stereocenters. The van der Waals surface area contributed by atoms with Gasteiger partial charge in [-0.25, -0.2) is 4.79 Å². The van der Waals surface area contributed by atoms with E-state index in [9.17, 15) is 26.3 Å². The normalized spacial score (nSPS) is 20.3. The first-order valence-electron chi connectivity index (χ1n) is 6.39. The molecular weight excluding hydrogens is 336 g/mol. The van der Waals surface area contributed by atoms with Crippen LogP contribution in [0.15, 0.2) is 4.42 Å². The summed E-state index contributed by atoms with van der Waals surface area (Å²) < 4.78 is 75.1. The molecule has 23 heavy (non-hydrogen) atoms. The first-order chi connectivity index (χ1) is 10.5. The van der Waals surface area contributed by atoms with Gasteiger partial charge < -0.3 is 14.8 Å². The quantitative estimate of drug-likeness (QED) is 0.796. The van der Waals surface area contributed by atoms with Gasteiger partial charge in [-0.05, 0) is 12.8 Å². The third-order valence-corrected chi connectivity index (χ3v) is 3.52. The lowest BCUT2D eigenvalue weighted by Gasteiger charge is -2.23. The SMILES string of the molecule is FC(F)(F)C1(c2nnc(C3CNC3)o2)CC1.O=C(O)C(F)(F)F. The maximum atomic E-state index is 12.7. The lowest BCUT2D eigenvalue weighted by molar-refractivity contribution is -0.192. The summed E-state index contributed by atoms with van der Waals surface area (Å²) in [6, 6.07) is 0. The van der Waals surface area contributed by atoms with Crippen molar-refractivity contribution in [3.05, 3.63) is 11.8 Å². The molecule has 2 fully saturated rings. The van der Waals surface area contributed by atoms with Gasteiger partial charge in [-0.2, -0.15) is 26.3 Å². The predicted octanol–water partition coefficient (Wildman–Crippen LogP) is 1.98. The number of nitrogens with one attached hydrogen (secondary N) is 1. The van der Waals surface area contributed by atoms with Crippen LogP contribution in [0.1, 0.15) is 30.5 Å². The van der Waals surface area contributed by atoms with Crippen molar-refractivity contribution in [3.8, 4) is 0 Å². The number of hydrogen-bond acceptors (Lipinski definition) is 5. The van der Waals surface area contributed by atoms with E-state index in [0.717, 1.165) is 0 Å². The molecule has 1 saturated heterocycles. The van der Waals surface area contributed by atoms with Crippen molar-refractivity contribution in [1.29, 1.82) is 0 Å². The lowest BCUT2D eigenvalue weighted by Crippen LogP contribution is -2.40. The van der Waals surface area contributed by atoms with Crippen molar-refractivity contribution in [2.75, 3.05) is 13.1 Å². The summed E-state index contributed by atoms with van der Waals surface area (Å²) >= 11 is 0. The monoisotopic (exact) mass is 347 g/mol. The van der Waals surface area contributed by atoms with Crippen LogP contribution in [0, 0.1) is 0 Å². The van der Waals surface area contributed by atoms with Crippen LogP contribution in [0.2, 0.25) is 0 Å². The summed E-state index contributed by atoms with van der Waals surface area (Å²) in [7, 11) is 0. The zero-order valence-corrected chi connectivity index (χ0v) is 11.3. The van der Waals surface area contributed by atoms with Crippen LogP contribution in [0.3, 0.4) is 0 Å². The number of alkyl halides is 6. The molecule has 0 spiro atoms. The molecule has 0 atom stereocenters. The van der Waals surface area contributed by atoms with Gasteiger partial charge in [0.2, 0.25) is 11.8 Å². The van der Waals surface area contributed by atoms with Crippen molar-refractivity contribution in [2.45, 2.75) is 36.5 Å². The summed E-state index contributed by atoms with van der Waals surface area (Å²) in [6.45, 7) is 1.39. The summed E-state index contributed by atoms with van der Waals surface area (Å²) in [5.41, 5.74) is -1.85. The molecule has 1 aromatic heterocycles. The molecule has 0 radical (unpaired) electrons. The number of rotatable bonds is 2. The molecule has 1 aliphatic heterocycles. The molecule has 3 rings (SSSR count). The van der Waals surface area contributed by atoms with E-state index in [1.54, 1.807) is 0 Å². The number of carboxylic acid groups (broad SMARTS) is 1. The second kappa shape index (κ2) is 5.65. The van der Waals surface area contributed by atoms with Crippen LogP contribution in [-0.4, -0.2) is 46.7 Å². The largest absolute Gasteiger partial charge is 0.490 e. The topological polar surface area (TPSA) is 88.3 Å². The van der Waals surface area contributed by atoms with Crippen LogP contribution in [0.4, 0.5) is 26.3 Å². The smallest absolute Gasteiger partial charge is 0.475 e. The van der Waals surface area contributed by atoms with Gasteiger partial charge >= 0.3 is 18.3 Å². The number of nitrogens with zero attached hydrogens (tertiary/aromatic N) is 2. The van der Waals surface area contributed by atoms with Crippen molar-refractivity contribution in [2.24, 2.45) is 0 Å². The third kappa shape index (κ3) is 3.57. The summed E-state index contributed by atoms with van der Waals surface area (Å²) in [5, 5.41) is 17.4. The molecule has 1 saturated carbocycles. The van der Waals surface area contributed by atoms with E-state index in [0.29, 0.717) is 19.0 Å². The fraction of sp³-hybridized carbons (Fsp3) is 0.727. The van der Waals surface area contributed by atoms with E-state index in [-0.39, 0.29) is 24.7 Å². The lowest BCUT2D eigenvalue weighted by atomic mass is 10.0. The van der Waals surface area contributed by atoms with Crippen molar-refractivity contribution in [3.63, 3.8) is 0 Å². The Morgan fingerprint density at radius 1 is 1.17 bits per heavy atom. The van der Waals surface area contributed by atoms with Gasteiger partial charge in [-0.15, -0.1) is 10.2 Å². The molecule has 2 heterocycles. The molecule has 12 heteroatoms. The van der Waals surface area contributed by atoms with Crippen molar-refractivity contribution >= 4 is 5.97 Å². The number of halogens is 6. The molecule has 130 valence electrons. The van der Waals surface area contributed by atoms with Gasteiger partial charge in [0.25, 0.3) is 0 Å².